The molecule has 0 aromatic heterocycles. The summed E-state index contributed by atoms with van der Waals surface area (Å²) in [6.45, 7) is 1.49. The van der Waals surface area contributed by atoms with Crippen molar-refractivity contribution >= 4 is 11.1 Å². The van der Waals surface area contributed by atoms with Crippen LogP contribution in [0.3, 0.4) is 0 Å². The predicted molar refractivity (Wildman–Crippen MR) is 42.9 cm³/mol. The summed E-state index contributed by atoms with van der Waals surface area (Å²) in [6, 6.07) is 0. The second kappa shape index (κ2) is 3.18. The van der Waals surface area contributed by atoms with E-state index in [0.29, 0.717) is 0 Å². The van der Waals surface area contributed by atoms with Crippen molar-refractivity contribution in [3.05, 3.63) is 0 Å². The molecule has 1 atom stereocenters. The molecule has 0 aliphatic carbocycles. The lowest BCUT2D eigenvalue weighted by molar-refractivity contribution is -0.0975. The highest BCUT2D eigenvalue weighted by molar-refractivity contribution is 7.79. The van der Waals surface area contributed by atoms with E-state index >= 15 is 0 Å². The van der Waals surface area contributed by atoms with Gasteiger partial charge in [0.1, 0.15) is 5.60 Å². The highest BCUT2D eigenvalue weighted by atomic mass is 32.2. The number of ether oxygens (including phenoxy) is 1. The fraction of sp³-hybridized carbons (Fsp3) is 1.00. The Labute approximate surface area is 68.8 Å². The molecule has 0 aromatic rings. The van der Waals surface area contributed by atoms with Crippen LogP contribution in [-0.4, -0.2) is 52.3 Å². The number of likely N-dealkylation sites (N-methyl/N-ethyl adjacent to an activating group) is 1. The van der Waals surface area contributed by atoms with Crippen LogP contribution in [0.5, 0.6) is 0 Å². The van der Waals surface area contributed by atoms with Crippen LogP contribution in [0, 0.1) is 0 Å². The lowest BCUT2D eigenvalue weighted by atomic mass is 9.97. The van der Waals surface area contributed by atoms with Gasteiger partial charge in [-0.05, 0) is 7.05 Å². The molecular formula is C6H13NO3S. The molecule has 0 spiro atoms. The molecule has 0 saturated carbocycles. The van der Waals surface area contributed by atoms with Crippen LogP contribution < -0.4 is 0 Å². The Balaban J connectivity index is 2.44. The Hall–Kier alpha value is 0.0300. The Bertz CT molecular complexity index is 167. The van der Waals surface area contributed by atoms with E-state index < -0.39 is 11.1 Å². The van der Waals surface area contributed by atoms with Gasteiger partial charge in [-0.1, -0.05) is 0 Å². The predicted octanol–water partition coefficient (Wildman–Crippen LogP) is -0.461. The van der Waals surface area contributed by atoms with Crippen molar-refractivity contribution in [1.29, 1.82) is 0 Å². The zero-order valence-corrected chi connectivity index (χ0v) is 7.56. The van der Waals surface area contributed by atoms with Crippen LogP contribution in [0.4, 0.5) is 0 Å². The summed E-state index contributed by atoms with van der Waals surface area (Å²) in [6.07, 6.45) is 0. The average Bonchev–Trinajstić information content (AvgIpc) is 1.82. The molecule has 66 valence electrons. The fourth-order valence-corrected chi connectivity index (χ4v) is 2.19. The van der Waals surface area contributed by atoms with Crippen LogP contribution in [0.25, 0.3) is 0 Å². The third-order valence-electron chi connectivity index (χ3n) is 1.94. The second-order valence-corrected chi connectivity index (χ2v) is 3.96. The van der Waals surface area contributed by atoms with Crippen LogP contribution in [-0.2, 0) is 15.8 Å². The molecule has 4 nitrogen and oxygen atoms in total. The molecule has 0 aromatic carbocycles. The molecule has 1 saturated heterocycles. The highest BCUT2D eigenvalue weighted by Gasteiger charge is 2.42. The molecule has 1 unspecified atom stereocenters. The number of likely N-dealkylation sites (tertiary alicyclic amines) is 1. The van der Waals surface area contributed by atoms with E-state index in [2.05, 4.69) is 4.90 Å². The first-order chi connectivity index (χ1) is 5.08. The number of nitrogens with zero attached hydrogens (tertiary/aromatic N) is 1. The van der Waals surface area contributed by atoms with Crippen LogP contribution >= 0.6 is 0 Å². The van der Waals surface area contributed by atoms with Crippen LogP contribution in [0.1, 0.15) is 0 Å². The van der Waals surface area contributed by atoms with Gasteiger partial charge in [0.05, 0.1) is 5.75 Å². The molecule has 5 heteroatoms. The van der Waals surface area contributed by atoms with Gasteiger partial charge in [0.15, 0.2) is 11.1 Å². The largest absolute Gasteiger partial charge is 0.375 e. The third-order valence-corrected chi connectivity index (χ3v) is 2.71. The van der Waals surface area contributed by atoms with Gasteiger partial charge in [0, 0.05) is 20.2 Å². The fourth-order valence-electron chi connectivity index (χ4n) is 1.44. The lowest BCUT2D eigenvalue weighted by Crippen LogP contribution is -2.63. The maximum absolute atomic E-state index is 10.5. The molecule has 1 aliphatic rings. The zero-order chi connectivity index (χ0) is 8.48. The second-order valence-electron chi connectivity index (χ2n) is 3.03. The topological polar surface area (TPSA) is 49.8 Å². The quantitative estimate of drug-likeness (QED) is 0.596. The summed E-state index contributed by atoms with van der Waals surface area (Å²) in [5, 5.41) is 0. The number of hydrogen-bond acceptors (Lipinski definition) is 3. The van der Waals surface area contributed by atoms with E-state index in [0.717, 1.165) is 13.1 Å². The lowest BCUT2D eigenvalue weighted by Gasteiger charge is -2.46. The van der Waals surface area contributed by atoms with Crippen molar-refractivity contribution in [2.24, 2.45) is 0 Å². The van der Waals surface area contributed by atoms with E-state index in [1.165, 1.54) is 0 Å². The number of hydrogen-bond donors (Lipinski definition) is 1. The summed E-state index contributed by atoms with van der Waals surface area (Å²) >= 11 is -1.75. The molecule has 1 aliphatic heterocycles. The van der Waals surface area contributed by atoms with E-state index in [9.17, 15) is 4.21 Å². The third kappa shape index (κ3) is 1.99. The van der Waals surface area contributed by atoms with Gasteiger partial charge in [-0.3, -0.25) is 0 Å². The summed E-state index contributed by atoms with van der Waals surface area (Å²) in [5.74, 6) is 0.216. The Morgan fingerprint density at radius 2 is 2.27 bits per heavy atom. The molecule has 0 amide bonds. The van der Waals surface area contributed by atoms with Crippen molar-refractivity contribution in [3.63, 3.8) is 0 Å². The van der Waals surface area contributed by atoms with Gasteiger partial charge in [0.25, 0.3) is 0 Å². The van der Waals surface area contributed by atoms with Gasteiger partial charge >= 0.3 is 0 Å². The van der Waals surface area contributed by atoms with Crippen molar-refractivity contribution in [2.75, 3.05) is 33.0 Å². The minimum Gasteiger partial charge on any atom is -0.375 e. The van der Waals surface area contributed by atoms with Crippen LogP contribution in [0.2, 0.25) is 0 Å². The van der Waals surface area contributed by atoms with Crippen molar-refractivity contribution in [2.45, 2.75) is 5.60 Å². The number of rotatable bonds is 3. The van der Waals surface area contributed by atoms with Crippen molar-refractivity contribution in [1.82, 2.24) is 4.90 Å². The van der Waals surface area contributed by atoms with Gasteiger partial charge in [-0.2, -0.15) is 0 Å². The molecule has 11 heavy (non-hydrogen) atoms. The van der Waals surface area contributed by atoms with E-state index in [1.54, 1.807) is 7.11 Å². The summed E-state index contributed by atoms with van der Waals surface area (Å²) < 4.78 is 24.3. The molecule has 1 rings (SSSR count). The monoisotopic (exact) mass is 179 g/mol. The minimum absolute atomic E-state index is 0.216. The Morgan fingerprint density at radius 1 is 1.73 bits per heavy atom. The van der Waals surface area contributed by atoms with Crippen molar-refractivity contribution < 1.29 is 13.5 Å². The minimum atomic E-state index is -1.75. The molecule has 1 fully saturated rings. The molecular weight excluding hydrogens is 166 g/mol. The average molecular weight is 179 g/mol. The van der Waals surface area contributed by atoms with E-state index in [-0.39, 0.29) is 11.4 Å². The Morgan fingerprint density at radius 3 is 2.55 bits per heavy atom. The SMILES string of the molecule is COC1(CS(=O)O)CN(C)C1. The number of methoxy groups -OCH3 is 1. The standard InChI is InChI=1S/C6H13NO3S/c1-7-3-6(4-7,10-2)5-11(8)9/h3-5H2,1-2H3,(H,8,9). The van der Waals surface area contributed by atoms with Gasteiger partial charge in [0.2, 0.25) is 0 Å². The molecule has 0 bridgehead atoms. The van der Waals surface area contributed by atoms with E-state index in [1.807, 2.05) is 7.05 Å². The van der Waals surface area contributed by atoms with Gasteiger partial charge in [-0.25, -0.2) is 4.21 Å². The molecule has 1 heterocycles. The zero-order valence-electron chi connectivity index (χ0n) is 6.74. The Kier molecular flexibility index (Phi) is 2.64. The van der Waals surface area contributed by atoms with Gasteiger partial charge < -0.3 is 14.2 Å². The first-order valence-electron chi connectivity index (χ1n) is 3.39. The summed E-state index contributed by atoms with van der Waals surface area (Å²) in [7, 11) is 3.54. The van der Waals surface area contributed by atoms with E-state index in [4.69, 9.17) is 9.29 Å². The summed E-state index contributed by atoms with van der Waals surface area (Å²) in [4.78, 5) is 2.05. The maximum Gasteiger partial charge on any atom is 0.155 e. The van der Waals surface area contributed by atoms with Crippen LogP contribution in [0.15, 0.2) is 0 Å². The highest BCUT2D eigenvalue weighted by Crippen LogP contribution is 2.23. The molecule has 0 radical (unpaired) electrons. The molecule has 1 N–H and O–H groups in total. The summed E-state index contributed by atoms with van der Waals surface area (Å²) in [5.41, 5.74) is -0.367. The maximum atomic E-state index is 10.5. The smallest absolute Gasteiger partial charge is 0.155 e. The normalized spacial score (nSPS) is 26.1. The van der Waals surface area contributed by atoms with Crippen molar-refractivity contribution in [3.8, 4) is 0 Å². The first kappa shape index (κ1) is 9.12. The first-order valence-corrected chi connectivity index (χ1v) is 4.67. The van der Waals surface area contributed by atoms with Gasteiger partial charge in [-0.15, -0.1) is 0 Å².